The Hall–Kier alpha value is -2.75. The predicted octanol–water partition coefficient (Wildman–Crippen LogP) is 7.63. The van der Waals surface area contributed by atoms with Gasteiger partial charge < -0.3 is 14.2 Å². The summed E-state index contributed by atoms with van der Waals surface area (Å²) in [6.07, 6.45) is 11.5. The summed E-state index contributed by atoms with van der Waals surface area (Å²) in [5.74, 6) is 2.17. The van der Waals surface area contributed by atoms with Crippen LogP contribution in [0.5, 0.6) is 17.2 Å². The van der Waals surface area contributed by atoms with Crippen LogP contribution < -0.4 is 14.2 Å². The van der Waals surface area contributed by atoms with Crippen LogP contribution in [0.25, 0.3) is 0 Å². The largest absolute Gasteiger partial charge is 0.494 e. The van der Waals surface area contributed by atoms with Crippen LogP contribution in [0.2, 0.25) is 0 Å². The van der Waals surface area contributed by atoms with Gasteiger partial charge in [-0.2, -0.15) is 0 Å². The van der Waals surface area contributed by atoms with Crippen molar-refractivity contribution >= 4 is 5.97 Å². The molecule has 0 radical (unpaired) electrons. The Labute approximate surface area is 193 Å². The topological polar surface area (TPSA) is 44.8 Å². The number of hydrogen-bond donors (Lipinski definition) is 0. The smallest absolute Gasteiger partial charge is 0.343 e. The molecular formula is C28H38O4. The molecule has 0 fully saturated rings. The van der Waals surface area contributed by atoms with Gasteiger partial charge in [-0.25, -0.2) is 4.79 Å². The Bertz CT molecular complexity index is 780. The maximum atomic E-state index is 12.4. The zero-order chi connectivity index (χ0) is 23.0. The number of esters is 1. The van der Waals surface area contributed by atoms with Gasteiger partial charge in [0.2, 0.25) is 0 Å². The van der Waals surface area contributed by atoms with E-state index in [-0.39, 0.29) is 5.97 Å². The quantitative estimate of drug-likeness (QED) is 0.117. The second-order valence-electron chi connectivity index (χ2n) is 8.26. The molecule has 0 saturated carbocycles. The third-order valence-electron chi connectivity index (χ3n) is 5.43. The normalized spacial score (nSPS) is 11.6. The number of unbranched alkanes of at least 4 members (excludes halogenated alkanes) is 6. The molecule has 0 saturated heterocycles. The summed E-state index contributed by atoms with van der Waals surface area (Å²) in [6, 6.07) is 14.3. The van der Waals surface area contributed by atoms with Gasteiger partial charge in [-0.1, -0.05) is 52.0 Å². The Morgan fingerprint density at radius 3 is 2.06 bits per heavy atom. The Kier molecular flexibility index (Phi) is 12.1. The van der Waals surface area contributed by atoms with Crippen LogP contribution in [0, 0.1) is 5.92 Å². The highest BCUT2D eigenvalue weighted by molar-refractivity contribution is 5.91. The fourth-order valence-electron chi connectivity index (χ4n) is 3.10. The van der Waals surface area contributed by atoms with Crippen LogP contribution in [0.4, 0.5) is 0 Å². The number of carbonyl (C=O) groups excluding carboxylic acids is 1. The third kappa shape index (κ3) is 10.0. The van der Waals surface area contributed by atoms with E-state index in [1.54, 1.807) is 24.3 Å². The lowest BCUT2D eigenvalue weighted by molar-refractivity contribution is 0.0734. The van der Waals surface area contributed by atoms with E-state index in [1.807, 2.05) is 30.3 Å². The molecule has 4 nitrogen and oxygen atoms in total. The van der Waals surface area contributed by atoms with Gasteiger partial charge in [0, 0.05) is 0 Å². The van der Waals surface area contributed by atoms with E-state index in [2.05, 4.69) is 20.4 Å². The molecule has 0 spiro atoms. The van der Waals surface area contributed by atoms with Crippen molar-refractivity contribution in [2.45, 2.75) is 65.2 Å². The van der Waals surface area contributed by atoms with E-state index >= 15 is 0 Å². The lowest BCUT2D eigenvalue weighted by Gasteiger charge is -2.11. The van der Waals surface area contributed by atoms with Crippen molar-refractivity contribution in [1.29, 1.82) is 0 Å². The van der Waals surface area contributed by atoms with Crippen molar-refractivity contribution in [2.24, 2.45) is 5.92 Å². The van der Waals surface area contributed by atoms with Gasteiger partial charge in [-0.3, -0.25) is 0 Å². The Morgan fingerprint density at radius 2 is 1.41 bits per heavy atom. The molecular weight excluding hydrogens is 400 g/mol. The predicted molar refractivity (Wildman–Crippen MR) is 131 cm³/mol. The number of ether oxygens (including phenoxy) is 3. The van der Waals surface area contributed by atoms with Crippen molar-refractivity contribution in [1.82, 2.24) is 0 Å². The first-order valence-electron chi connectivity index (χ1n) is 11.9. The van der Waals surface area contributed by atoms with Gasteiger partial charge >= 0.3 is 5.97 Å². The van der Waals surface area contributed by atoms with E-state index in [0.717, 1.165) is 30.8 Å². The summed E-state index contributed by atoms with van der Waals surface area (Å²) in [5, 5.41) is 0. The molecule has 0 heterocycles. The Balaban J connectivity index is 1.67. The van der Waals surface area contributed by atoms with Crippen molar-refractivity contribution in [2.75, 3.05) is 13.2 Å². The van der Waals surface area contributed by atoms with Gasteiger partial charge in [-0.15, -0.1) is 6.58 Å². The average molecular weight is 439 g/mol. The molecule has 0 bridgehead atoms. The summed E-state index contributed by atoms with van der Waals surface area (Å²) >= 11 is 0. The molecule has 0 aliphatic carbocycles. The fraction of sp³-hybridized carbons (Fsp3) is 0.464. The SMILES string of the molecule is C=CCCCCCCCCOc1ccc(C(=O)Oc2ccc(OC[C@@H](C)CC)cc2)cc1. The van der Waals surface area contributed by atoms with Crippen molar-refractivity contribution in [3.8, 4) is 17.2 Å². The first-order chi connectivity index (χ1) is 15.6. The number of benzene rings is 2. The van der Waals surface area contributed by atoms with E-state index in [1.165, 1.54) is 32.1 Å². The van der Waals surface area contributed by atoms with Gasteiger partial charge in [-0.05, 0) is 73.7 Å². The molecule has 1 atom stereocenters. The molecule has 2 aromatic carbocycles. The standard InChI is InChI=1S/C28H38O4/c1-4-6-7-8-9-10-11-12-21-30-25-15-13-24(14-16-25)28(29)32-27-19-17-26(18-20-27)31-22-23(3)5-2/h4,13-20,23H,1,5-12,21-22H2,2-3H3/t23-/m0/s1. The van der Waals surface area contributed by atoms with Gasteiger partial charge in [0.25, 0.3) is 0 Å². The summed E-state index contributed by atoms with van der Waals surface area (Å²) in [5.41, 5.74) is 0.494. The van der Waals surface area contributed by atoms with Crippen LogP contribution in [0.15, 0.2) is 61.2 Å². The summed E-state index contributed by atoms with van der Waals surface area (Å²) in [6.45, 7) is 9.42. The Morgan fingerprint density at radius 1 is 0.844 bits per heavy atom. The van der Waals surface area contributed by atoms with Crippen molar-refractivity contribution < 1.29 is 19.0 Å². The van der Waals surface area contributed by atoms with Crippen LogP contribution >= 0.6 is 0 Å². The van der Waals surface area contributed by atoms with Gasteiger partial charge in [0.1, 0.15) is 17.2 Å². The van der Waals surface area contributed by atoms with Crippen LogP contribution in [0.1, 0.15) is 75.6 Å². The zero-order valence-electron chi connectivity index (χ0n) is 19.7. The van der Waals surface area contributed by atoms with E-state index in [4.69, 9.17) is 14.2 Å². The minimum absolute atomic E-state index is 0.388. The molecule has 0 aliphatic heterocycles. The van der Waals surface area contributed by atoms with E-state index in [9.17, 15) is 4.79 Å². The molecule has 174 valence electrons. The number of hydrogen-bond acceptors (Lipinski definition) is 4. The maximum Gasteiger partial charge on any atom is 0.343 e. The van der Waals surface area contributed by atoms with Crippen LogP contribution in [-0.4, -0.2) is 19.2 Å². The molecule has 0 aromatic heterocycles. The maximum absolute atomic E-state index is 12.4. The lowest BCUT2D eigenvalue weighted by atomic mass is 10.1. The second-order valence-corrected chi connectivity index (χ2v) is 8.26. The highest BCUT2D eigenvalue weighted by Crippen LogP contribution is 2.20. The van der Waals surface area contributed by atoms with Crippen molar-refractivity contribution in [3.63, 3.8) is 0 Å². The highest BCUT2D eigenvalue weighted by atomic mass is 16.5. The van der Waals surface area contributed by atoms with Crippen LogP contribution in [-0.2, 0) is 0 Å². The molecule has 2 aromatic rings. The number of rotatable bonds is 16. The minimum atomic E-state index is -0.388. The first kappa shape index (κ1) is 25.5. The number of carbonyl (C=O) groups is 1. The molecule has 4 heteroatoms. The second kappa shape index (κ2) is 15.1. The molecule has 0 N–H and O–H groups in total. The van der Waals surface area contributed by atoms with Crippen molar-refractivity contribution in [3.05, 3.63) is 66.7 Å². The first-order valence-corrected chi connectivity index (χ1v) is 11.9. The van der Waals surface area contributed by atoms with Crippen LogP contribution in [0.3, 0.4) is 0 Å². The summed E-state index contributed by atoms with van der Waals surface area (Å²) in [4.78, 5) is 12.4. The van der Waals surface area contributed by atoms with E-state index < -0.39 is 0 Å². The molecule has 0 aliphatic rings. The monoisotopic (exact) mass is 438 g/mol. The zero-order valence-corrected chi connectivity index (χ0v) is 19.7. The van der Waals surface area contributed by atoms with Gasteiger partial charge in [0.05, 0.1) is 18.8 Å². The summed E-state index contributed by atoms with van der Waals surface area (Å²) in [7, 11) is 0. The number of allylic oxidation sites excluding steroid dienone is 1. The fourth-order valence-corrected chi connectivity index (χ4v) is 3.10. The van der Waals surface area contributed by atoms with E-state index in [0.29, 0.717) is 30.4 Å². The van der Waals surface area contributed by atoms with Gasteiger partial charge in [0.15, 0.2) is 0 Å². The molecule has 0 amide bonds. The highest BCUT2D eigenvalue weighted by Gasteiger charge is 2.09. The lowest BCUT2D eigenvalue weighted by Crippen LogP contribution is -2.09. The average Bonchev–Trinajstić information content (AvgIpc) is 2.82. The molecule has 2 rings (SSSR count). The summed E-state index contributed by atoms with van der Waals surface area (Å²) < 4.78 is 17.0. The molecule has 32 heavy (non-hydrogen) atoms. The minimum Gasteiger partial charge on any atom is -0.494 e. The molecule has 0 unspecified atom stereocenters. The third-order valence-corrected chi connectivity index (χ3v) is 5.43.